The van der Waals surface area contributed by atoms with Gasteiger partial charge in [-0.3, -0.25) is 24.9 Å². The highest BCUT2D eigenvalue weighted by Crippen LogP contribution is 2.31. The molecule has 9 nitrogen and oxygen atoms in total. The molecule has 0 aliphatic carbocycles. The predicted molar refractivity (Wildman–Crippen MR) is 104 cm³/mol. The second kappa shape index (κ2) is 8.19. The average molecular weight is 393 g/mol. The predicted octanol–water partition coefficient (Wildman–Crippen LogP) is 3.34. The molecule has 0 heterocycles. The maximum atomic E-state index is 12.8. The number of phenols is 1. The SMILES string of the molecule is O=C(NO)c1ccccc1-c1ccccc1C(=O)Nc1ccc([N+](=O)[O-])cc1O. The van der Waals surface area contributed by atoms with E-state index in [1.165, 1.54) is 18.2 Å². The lowest BCUT2D eigenvalue weighted by atomic mass is 9.94. The highest BCUT2D eigenvalue weighted by atomic mass is 16.6. The fourth-order valence-corrected chi connectivity index (χ4v) is 2.82. The minimum atomic E-state index is -0.733. The van der Waals surface area contributed by atoms with Gasteiger partial charge in [0.05, 0.1) is 16.7 Å². The number of carbonyl (C=O) groups excluding carboxylic acids is 2. The molecule has 0 radical (unpaired) electrons. The molecule has 3 rings (SSSR count). The lowest BCUT2D eigenvalue weighted by Gasteiger charge is -2.13. The van der Waals surface area contributed by atoms with Gasteiger partial charge in [-0.1, -0.05) is 36.4 Å². The molecule has 0 atom stereocenters. The number of carbonyl (C=O) groups is 2. The molecule has 0 spiro atoms. The van der Waals surface area contributed by atoms with Crippen LogP contribution >= 0.6 is 0 Å². The third-order valence-electron chi connectivity index (χ3n) is 4.18. The summed E-state index contributed by atoms with van der Waals surface area (Å²) >= 11 is 0. The normalized spacial score (nSPS) is 10.2. The lowest BCUT2D eigenvalue weighted by Crippen LogP contribution is -2.20. The van der Waals surface area contributed by atoms with E-state index in [4.69, 9.17) is 5.21 Å². The van der Waals surface area contributed by atoms with Crippen LogP contribution in [-0.2, 0) is 0 Å². The molecule has 0 aromatic heterocycles. The summed E-state index contributed by atoms with van der Waals surface area (Å²) in [7, 11) is 0. The van der Waals surface area contributed by atoms with Crippen LogP contribution in [0.5, 0.6) is 5.75 Å². The number of hydrogen-bond acceptors (Lipinski definition) is 6. The van der Waals surface area contributed by atoms with Gasteiger partial charge in [0.1, 0.15) is 5.75 Å². The molecule has 0 saturated carbocycles. The van der Waals surface area contributed by atoms with Crippen LogP contribution in [0.15, 0.2) is 66.7 Å². The zero-order valence-electron chi connectivity index (χ0n) is 14.8. The van der Waals surface area contributed by atoms with Crippen LogP contribution < -0.4 is 10.8 Å². The highest BCUT2D eigenvalue weighted by molar-refractivity contribution is 6.11. The molecule has 0 saturated heterocycles. The number of aromatic hydroxyl groups is 1. The van der Waals surface area contributed by atoms with E-state index in [2.05, 4.69) is 5.32 Å². The second-order valence-electron chi connectivity index (χ2n) is 5.94. The standard InChI is InChI=1S/C20H15N3O6/c24-18-11-12(23(28)29)9-10-17(18)21-19(25)15-7-3-1-5-13(15)14-6-2-4-8-16(14)20(26)22-27/h1-11,24,27H,(H,21,25)(H,22,26). The topological polar surface area (TPSA) is 142 Å². The second-order valence-corrected chi connectivity index (χ2v) is 5.94. The Kier molecular flexibility index (Phi) is 5.51. The smallest absolute Gasteiger partial charge is 0.275 e. The first-order chi connectivity index (χ1) is 13.9. The van der Waals surface area contributed by atoms with E-state index in [0.717, 1.165) is 12.1 Å². The molecule has 0 fully saturated rings. The van der Waals surface area contributed by atoms with Gasteiger partial charge < -0.3 is 10.4 Å². The van der Waals surface area contributed by atoms with E-state index in [1.54, 1.807) is 41.9 Å². The Labute approximate surface area is 164 Å². The molecule has 29 heavy (non-hydrogen) atoms. The molecular weight excluding hydrogens is 378 g/mol. The maximum absolute atomic E-state index is 12.8. The number of hydroxylamine groups is 1. The van der Waals surface area contributed by atoms with E-state index >= 15 is 0 Å². The number of nitro benzene ring substituents is 1. The number of amides is 2. The fraction of sp³-hybridized carbons (Fsp3) is 0. The van der Waals surface area contributed by atoms with Gasteiger partial charge in [-0.05, 0) is 29.3 Å². The Bertz CT molecular complexity index is 1110. The molecule has 0 unspecified atom stereocenters. The van der Waals surface area contributed by atoms with Gasteiger partial charge in [0.15, 0.2) is 0 Å². The number of hydrogen-bond donors (Lipinski definition) is 4. The quantitative estimate of drug-likeness (QED) is 0.227. The molecule has 2 amide bonds. The Morgan fingerprint density at radius 3 is 1.93 bits per heavy atom. The number of nitrogens with one attached hydrogen (secondary N) is 2. The van der Waals surface area contributed by atoms with Crippen LogP contribution in [0.4, 0.5) is 11.4 Å². The first-order valence-electron chi connectivity index (χ1n) is 8.34. The van der Waals surface area contributed by atoms with Gasteiger partial charge in [0.2, 0.25) is 0 Å². The van der Waals surface area contributed by atoms with Crippen LogP contribution in [0.1, 0.15) is 20.7 Å². The summed E-state index contributed by atoms with van der Waals surface area (Å²) in [4.78, 5) is 34.9. The number of non-ortho nitro benzene ring substituents is 1. The lowest BCUT2D eigenvalue weighted by molar-refractivity contribution is -0.384. The van der Waals surface area contributed by atoms with Crippen LogP contribution in [0.3, 0.4) is 0 Å². The molecule has 0 aliphatic heterocycles. The third-order valence-corrected chi connectivity index (χ3v) is 4.18. The summed E-state index contributed by atoms with van der Waals surface area (Å²) < 4.78 is 0. The Balaban J connectivity index is 1.99. The van der Waals surface area contributed by atoms with Crippen molar-refractivity contribution in [3.8, 4) is 16.9 Å². The van der Waals surface area contributed by atoms with E-state index in [9.17, 15) is 24.8 Å². The van der Waals surface area contributed by atoms with E-state index in [1.807, 2.05) is 0 Å². The number of benzene rings is 3. The summed E-state index contributed by atoms with van der Waals surface area (Å²) in [5, 5.41) is 32.2. The van der Waals surface area contributed by atoms with Crippen molar-refractivity contribution in [1.82, 2.24) is 5.48 Å². The molecule has 146 valence electrons. The number of rotatable bonds is 5. The van der Waals surface area contributed by atoms with Crippen LogP contribution in [0, 0.1) is 10.1 Å². The van der Waals surface area contributed by atoms with E-state index < -0.39 is 22.5 Å². The van der Waals surface area contributed by atoms with Gasteiger partial charge in [-0.2, -0.15) is 0 Å². The summed E-state index contributed by atoms with van der Waals surface area (Å²) in [6.07, 6.45) is 0. The van der Waals surface area contributed by atoms with Crippen molar-refractivity contribution in [1.29, 1.82) is 0 Å². The molecule has 3 aromatic rings. The minimum absolute atomic E-state index is 0.00297. The number of phenolic OH excluding ortho intramolecular Hbond substituents is 1. The van der Waals surface area contributed by atoms with E-state index in [-0.39, 0.29) is 22.5 Å². The zero-order chi connectivity index (χ0) is 21.0. The molecule has 0 bridgehead atoms. The molecule has 3 aromatic carbocycles. The molecule has 9 heteroatoms. The van der Waals surface area contributed by atoms with Gasteiger partial charge >= 0.3 is 0 Å². The van der Waals surface area contributed by atoms with Gasteiger partial charge in [-0.25, -0.2) is 5.48 Å². The van der Waals surface area contributed by atoms with Crippen molar-refractivity contribution in [2.24, 2.45) is 0 Å². The van der Waals surface area contributed by atoms with Gasteiger partial charge in [0, 0.05) is 17.2 Å². The average Bonchev–Trinajstić information content (AvgIpc) is 2.74. The third kappa shape index (κ3) is 4.04. The fourth-order valence-electron chi connectivity index (χ4n) is 2.82. The summed E-state index contributed by atoms with van der Waals surface area (Å²) in [6.45, 7) is 0. The van der Waals surface area contributed by atoms with Crippen molar-refractivity contribution in [2.45, 2.75) is 0 Å². The largest absolute Gasteiger partial charge is 0.506 e. The summed E-state index contributed by atoms with van der Waals surface area (Å²) in [6, 6.07) is 16.2. The van der Waals surface area contributed by atoms with Crippen molar-refractivity contribution >= 4 is 23.2 Å². The molecule has 4 N–H and O–H groups in total. The van der Waals surface area contributed by atoms with Crippen molar-refractivity contribution in [3.63, 3.8) is 0 Å². The first kappa shape index (κ1) is 19.5. The summed E-state index contributed by atoms with van der Waals surface area (Å²) in [5.41, 5.74) is 2.45. The van der Waals surface area contributed by atoms with E-state index in [0.29, 0.717) is 11.1 Å². The maximum Gasteiger partial charge on any atom is 0.275 e. The Morgan fingerprint density at radius 1 is 0.862 bits per heavy atom. The van der Waals surface area contributed by atoms with Gasteiger partial charge in [0.25, 0.3) is 17.5 Å². The first-order valence-corrected chi connectivity index (χ1v) is 8.34. The number of nitro groups is 1. The monoisotopic (exact) mass is 393 g/mol. The van der Waals surface area contributed by atoms with Gasteiger partial charge in [-0.15, -0.1) is 0 Å². The van der Waals surface area contributed by atoms with Crippen molar-refractivity contribution in [3.05, 3.63) is 88.0 Å². The number of nitrogens with zero attached hydrogens (tertiary/aromatic N) is 1. The number of anilines is 1. The van der Waals surface area contributed by atoms with Crippen LogP contribution in [0.25, 0.3) is 11.1 Å². The molecular formula is C20H15N3O6. The summed E-state index contributed by atoms with van der Waals surface area (Å²) in [5.74, 6) is -1.78. The van der Waals surface area contributed by atoms with Crippen LogP contribution in [-0.4, -0.2) is 27.1 Å². The minimum Gasteiger partial charge on any atom is -0.506 e. The highest BCUT2D eigenvalue weighted by Gasteiger charge is 2.19. The Morgan fingerprint density at radius 2 is 1.41 bits per heavy atom. The van der Waals surface area contributed by atoms with Crippen LogP contribution in [0.2, 0.25) is 0 Å². The Hall–Kier alpha value is -4.24. The van der Waals surface area contributed by atoms with Crippen molar-refractivity contribution in [2.75, 3.05) is 5.32 Å². The molecule has 0 aliphatic rings. The zero-order valence-corrected chi connectivity index (χ0v) is 14.8. The van der Waals surface area contributed by atoms with Crippen molar-refractivity contribution < 1.29 is 24.8 Å².